The molecule has 0 saturated heterocycles. The third-order valence-electron chi connectivity index (χ3n) is 3.05. The predicted molar refractivity (Wildman–Crippen MR) is 91.3 cm³/mol. The maximum absolute atomic E-state index is 9.55. The van der Waals surface area contributed by atoms with Crippen molar-refractivity contribution in [1.29, 1.82) is 0 Å². The van der Waals surface area contributed by atoms with Crippen LogP contribution in [0.1, 0.15) is 41.5 Å². The molecule has 132 valence electrons. The van der Waals surface area contributed by atoms with E-state index in [1.165, 1.54) is 39.3 Å². The van der Waals surface area contributed by atoms with Gasteiger partial charge in [0.05, 0.1) is 0 Å². The molecular weight excluding hydrogens is 284 g/mol. The van der Waals surface area contributed by atoms with Gasteiger partial charge >= 0.3 is 11.9 Å². The van der Waals surface area contributed by atoms with Crippen molar-refractivity contribution in [3.05, 3.63) is 12.2 Å². The summed E-state index contributed by atoms with van der Waals surface area (Å²) in [6.07, 6.45) is 1.12. The molecule has 0 aromatic rings. The van der Waals surface area contributed by atoms with Crippen molar-refractivity contribution in [3.8, 4) is 0 Å². The average Bonchev–Trinajstić information content (AvgIpc) is 2.50. The standard InChI is InChI=1S/2C6H15N.C4H4O4/c2*1-4-7(5-2)6-3;5-3(6)1-2-4(7)8/h2*4-6H2,1-3H3;1-2H,(H,5,6)(H,7,8)/b;;2-1+. The van der Waals surface area contributed by atoms with Gasteiger partial charge in [-0.05, 0) is 39.3 Å². The van der Waals surface area contributed by atoms with Crippen LogP contribution >= 0.6 is 0 Å². The van der Waals surface area contributed by atoms with Gasteiger partial charge in [0.15, 0.2) is 0 Å². The van der Waals surface area contributed by atoms with Crippen LogP contribution in [0, 0.1) is 0 Å². The molecular formula is C16H34N2O4. The average molecular weight is 318 g/mol. The summed E-state index contributed by atoms with van der Waals surface area (Å²) >= 11 is 0. The van der Waals surface area contributed by atoms with E-state index in [9.17, 15) is 9.59 Å². The van der Waals surface area contributed by atoms with Crippen LogP contribution in [0.25, 0.3) is 0 Å². The molecule has 0 fully saturated rings. The van der Waals surface area contributed by atoms with Crippen LogP contribution in [0.2, 0.25) is 0 Å². The lowest BCUT2D eigenvalue weighted by molar-refractivity contribution is -0.134. The SMILES string of the molecule is CCN(CC)CC.CCN(CC)CC.O=C(O)/C=C/C(=O)O. The van der Waals surface area contributed by atoms with Gasteiger partial charge in [-0.1, -0.05) is 41.5 Å². The highest BCUT2D eigenvalue weighted by atomic mass is 16.4. The largest absolute Gasteiger partial charge is 0.478 e. The molecule has 0 aliphatic heterocycles. The summed E-state index contributed by atoms with van der Waals surface area (Å²) in [5.41, 5.74) is 0. The second-order valence-corrected chi connectivity index (χ2v) is 4.25. The van der Waals surface area contributed by atoms with Crippen molar-refractivity contribution in [2.75, 3.05) is 39.3 Å². The molecule has 0 aliphatic rings. The summed E-state index contributed by atoms with van der Waals surface area (Å²) in [5, 5.41) is 15.6. The molecule has 0 atom stereocenters. The molecule has 0 bridgehead atoms. The van der Waals surface area contributed by atoms with E-state index in [1.54, 1.807) is 0 Å². The van der Waals surface area contributed by atoms with E-state index in [-0.39, 0.29) is 0 Å². The number of hydrogen-bond acceptors (Lipinski definition) is 4. The van der Waals surface area contributed by atoms with Gasteiger partial charge < -0.3 is 20.0 Å². The first-order valence-electron chi connectivity index (χ1n) is 7.91. The third-order valence-corrected chi connectivity index (χ3v) is 3.05. The highest BCUT2D eigenvalue weighted by molar-refractivity contribution is 5.89. The molecule has 0 radical (unpaired) electrons. The lowest BCUT2D eigenvalue weighted by Crippen LogP contribution is -2.21. The molecule has 0 aliphatic carbocycles. The Balaban J connectivity index is -0.000000247. The zero-order valence-electron chi connectivity index (χ0n) is 15.0. The fraction of sp³-hybridized carbons (Fsp3) is 0.750. The summed E-state index contributed by atoms with van der Waals surface area (Å²) in [5.74, 6) is -2.51. The van der Waals surface area contributed by atoms with E-state index in [2.05, 4.69) is 51.3 Å². The highest BCUT2D eigenvalue weighted by Gasteiger charge is 1.90. The summed E-state index contributed by atoms with van der Waals surface area (Å²) in [6, 6.07) is 0. The van der Waals surface area contributed by atoms with Crippen molar-refractivity contribution < 1.29 is 19.8 Å². The molecule has 0 unspecified atom stereocenters. The number of carboxylic acids is 2. The quantitative estimate of drug-likeness (QED) is 0.669. The Morgan fingerprint density at radius 3 is 0.864 bits per heavy atom. The van der Waals surface area contributed by atoms with Crippen LogP contribution in [0.5, 0.6) is 0 Å². The first kappa shape index (κ1) is 25.5. The molecule has 6 heteroatoms. The van der Waals surface area contributed by atoms with Gasteiger partial charge in [0.1, 0.15) is 0 Å². The molecule has 0 aromatic carbocycles. The van der Waals surface area contributed by atoms with Crippen LogP contribution < -0.4 is 0 Å². The van der Waals surface area contributed by atoms with Crippen LogP contribution in [0.4, 0.5) is 0 Å². The normalized spacial score (nSPS) is 10.0. The lowest BCUT2D eigenvalue weighted by atomic mass is 10.5. The fourth-order valence-electron chi connectivity index (χ4n) is 1.48. The van der Waals surface area contributed by atoms with E-state index in [0.717, 1.165) is 0 Å². The molecule has 2 N–H and O–H groups in total. The Morgan fingerprint density at radius 2 is 0.818 bits per heavy atom. The maximum Gasteiger partial charge on any atom is 0.328 e. The molecule has 22 heavy (non-hydrogen) atoms. The van der Waals surface area contributed by atoms with Crippen LogP contribution in [-0.2, 0) is 9.59 Å². The highest BCUT2D eigenvalue weighted by Crippen LogP contribution is 1.82. The van der Waals surface area contributed by atoms with Crippen molar-refractivity contribution in [2.24, 2.45) is 0 Å². The van der Waals surface area contributed by atoms with Crippen LogP contribution in [0.3, 0.4) is 0 Å². The Morgan fingerprint density at radius 1 is 0.636 bits per heavy atom. The number of hydrogen-bond donors (Lipinski definition) is 2. The lowest BCUT2D eigenvalue weighted by Gasteiger charge is -2.13. The molecule has 0 aromatic heterocycles. The molecule has 6 nitrogen and oxygen atoms in total. The molecule has 0 saturated carbocycles. The maximum atomic E-state index is 9.55. The Labute approximate surface area is 135 Å². The van der Waals surface area contributed by atoms with Gasteiger partial charge in [0.2, 0.25) is 0 Å². The second kappa shape index (κ2) is 19.6. The van der Waals surface area contributed by atoms with Crippen LogP contribution in [-0.4, -0.2) is 71.2 Å². The smallest absolute Gasteiger partial charge is 0.328 e. The van der Waals surface area contributed by atoms with Gasteiger partial charge in [-0.25, -0.2) is 9.59 Å². The second-order valence-electron chi connectivity index (χ2n) is 4.25. The minimum absolute atomic E-state index is 0.558. The zero-order valence-corrected chi connectivity index (χ0v) is 15.0. The summed E-state index contributed by atoms with van der Waals surface area (Å²) < 4.78 is 0. The van der Waals surface area contributed by atoms with E-state index >= 15 is 0 Å². The Hall–Kier alpha value is -1.40. The number of rotatable bonds is 8. The number of carboxylic acid groups (broad SMARTS) is 2. The zero-order chi connectivity index (χ0) is 18.0. The summed E-state index contributed by atoms with van der Waals surface area (Å²) in [7, 11) is 0. The minimum Gasteiger partial charge on any atom is -0.478 e. The van der Waals surface area contributed by atoms with E-state index in [4.69, 9.17) is 10.2 Å². The van der Waals surface area contributed by atoms with Gasteiger partial charge in [-0.2, -0.15) is 0 Å². The van der Waals surface area contributed by atoms with Gasteiger partial charge in [0.25, 0.3) is 0 Å². The first-order chi connectivity index (χ1) is 10.3. The summed E-state index contributed by atoms with van der Waals surface area (Å²) in [6.45, 7) is 20.2. The van der Waals surface area contributed by atoms with Crippen LogP contribution in [0.15, 0.2) is 12.2 Å². The Kier molecular flexibility index (Phi) is 22.8. The van der Waals surface area contributed by atoms with E-state index in [1.807, 2.05) is 0 Å². The number of carbonyl (C=O) groups is 2. The fourth-order valence-corrected chi connectivity index (χ4v) is 1.48. The van der Waals surface area contributed by atoms with Gasteiger partial charge in [0, 0.05) is 12.2 Å². The third kappa shape index (κ3) is 23.7. The topological polar surface area (TPSA) is 81.1 Å². The molecule has 0 heterocycles. The Bertz CT molecular complexity index is 247. The van der Waals surface area contributed by atoms with E-state index < -0.39 is 11.9 Å². The molecule has 0 rings (SSSR count). The van der Waals surface area contributed by atoms with Crippen molar-refractivity contribution in [3.63, 3.8) is 0 Å². The van der Waals surface area contributed by atoms with Crippen molar-refractivity contribution in [2.45, 2.75) is 41.5 Å². The van der Waals surface area contributed by atoms with E-state index in [0.29, 0.717) is 12.2 Å². The summed E-state index contributed by atoms with van der Waals surface area (Å²) in [4.78, 5) is 23.9. The number of nitrogens with zero attached hydrogens (tertiary/aromatic N) is 2. The predicted octanol–water partition coefficient (Wildman–Crippen LogP) is 2.41. The van der Waals surface area contributed by atoms with Crippen molar-refractivity contribution in [1.82, 2.24) is 9.80 Å². The monoisotopic (exact) mass is 318 g/mol. The molecule has 0 amide bonds. The first-order valence-corrected chi connectivity index (χ1v) is 7.91. The minimum atomic E-state index is -1.26. The van der Waals surface area contributed by atoms with Gasteiger partial charge in [-0.3, -0.25) is 0 Å². The van der Waals surface area contributed by atoms with Gasteiger partial charge in [-0.15, -0.1) is 0 Å². The van der Waals surface area contributed by atoms with Crippen molar-refractivity contribution >= 4 is 11.9 Å². The number of aliphatic carboxylic acids is 2. The molecule has 0 spiro atoms.